The van der Waals surface area contributed by atoms with E-state index in [-0.39, 0.29) is 22.1 Å². The minimum Gasteiger partial charge on any atom is -0.352 e. The number of Topliss-reactive ketones (excluding diaryl/α,β-unsaturated/α-hetero) is 1. The summed E-state index contributed by atoms with van der Waals surface area (Å²) in [6.45, 7) is 0. The fourth-order valence-corrected chi connectivity index (χ4v) is 4.22. The number of nitrogens with one attached hydrogen (secondary N) is 1. The van der Waals surface area contributed by atoms with Crippen LogP contribution < -0.4 is 5.32 Å². The third-order valence-corrected chi connectivity index (χ3v) is 6.19. The van der Waals surface area contributed by atoms with Crippen LogP contribution in [0.3, 0.4) is 0 Å². The first kappa shape index (κ1) is 19.3. The Morgan fingerprint density at radius 2 is 1.41 bits per heavy atom. The summed E-state index contributed by atoms with van der Waals surface area (Å²) in [6.07, 6.45) is 1.48. The first-order chi connectivity index (χ1) is 13.9. The summed E-state index contributed by atoms with van der Waals surface area (Å²) >= 11 is 3.29. The van der Waals surface area contributed by atoms with Crippen molar-refractivity contribution in [3.8, 4) is 0 Å². The molecular formula is C22H15BrN2O3S. The molecule has 29 heavy (non-hydrogen) atoms. The second kappa shape index (κ2) is 7.77. The van der Waals surface area contributed by atoms with E-state index in [1.807, 2.05) is 30.3 Å². The third-order valence-electron chi connectivity index (χ3n) is 4.36. The smallest absolute Gasteiger partial charge is 0.282 e. The Morgan fingerprint density at radius 3 is 2.10 bits per heavy atom. The van der Waals surface area contributed by atoms with Gasteiger partial charge in [0, 0.05) is 21.3 Å². The SMILES string of the molecule is O=C1C(Nc2ccccc2)=C/C(=N\S(=O)(=O)c2ccc(Br)cc2)c2ccccc21. The van der Waals surface area contributed by atoms with Crippen LogP contribution in [-0.4, -0.2) is 19.9 Å². The lowest BCUT2D eigenvalue weighted by molar-refractivity contribution is 0.103. The number of para-hydroxylation sites is 1. The quantitative estimate of drug-likeness (QED) is 0.597. The molecule has 0 spiro atoms. The van der Waals surface area contributed by atoms with E-state index in [1.165, 1.54) is 18.2 Å². The largest absolute Gasteiger partial charge is 0.352 e. The Hall–Kier alpha value is -3.03. The predicted molar refractivity (Wildman–Crippen MR) is 117 cm³/mol. The molecule has 144 valence electrons. The molecule has 3 aromatic carbocycles. The van der Waals surface area contributed by atoms with Crippen molar-refractivity contribution in [2.24, 2.45) is 4.40 Å². The number of sulfonamides is 1. The number of carbonyl (C=O) groups is 1. The molecule has 0 unspecified atom stereocenters. The highest BCUT2D eigenvalue weighted by Gasteiger charge is 2.26. The number of halogens is 1. The van der Waals surface area contributed by atoms with Gasteiger partial charge in [-0.05, 0) is 42.5 Å². The number of benzene rings is 3. The summed E-state index contributed by atoms with van der Waals surface area (Å²) in [4.78, 5) is 13.0. The van der Waals surface area contributed by atoms with Crippen LogP contribution in [0.25, 0.3) is 0 Å². The number of ketones is 1. The zero-order chi connectivity index (χ0) is 20.4. The number of allylic oxidation sites excluding steroid dienone is 2. The van der Waals surface area contributed by atoms with Crippen molar-refractivity contribution in [1.82, 2.24) is 0 Å². The molecule has 0 fully saturated rings. The van der Waals surface area contributed by atoms with Crippen molar-refractivity contribution < 1.29 is 13.2 Å². The van der Waals surface area contributed by atoms with Gasteiger partial charge in [-0.1, -0.05) is 58.4 Å². The number of fused-ring (bicyclic) bond motifs is 1. The van der Waals surface area contributed by atoms with Crippen molar-refractivity contribution in [3.63, 3.8) is 0 Å². The van der Waals surface area contributed by atoms with E-state index < -0.39 is 10.0 Å². The molecule has 4 rings (SSSR count). The van der Waals surface area contributed by atoms with Crippen LogP contribution in [0.2, 0.25) is 0 Å². The number of nitrogens with zero attached hydrogens (tertiary/aromatic N) is 1. The molecule has 0 heterocycles. The van der Waals surface area contributed by atoms with E-state index in [0.29, 0.717) is 11.1 Å². The van der Waals surface area contributed by atoms with E-state index in [0.717, 1.165) is 10.2 Å². The molecule has 3 aromatic rings. The van der Waals surface area contributed by atoms with Crippen LogP contribution in [0.5, 0.6) is 0 Å². The molecule has 5 nitrogen and oxygen atoms in total. The third kappa shape index (κ3) is 4.06. The average Bonchev–Trinajstić information content (AvgIpc) is 2.72. The number of carbonyl (C=O) groups excluding carboxylic acids is 1. The maximum Gasteiger partial charge on any atom is 0.282 e. The van der Waals surface area contributed by atoms with Crippen LogP contribution in [0.4, 0.5) is 5.69 Å². The fourth-order valence-electron chi connectivity index (χ4n) is 2.96. The number of hydrogen-bond acceptors (Lipinski definition) is 4. The van der Waals surface area contributed by atoms with Gasteiger partial charge in [0.15, 0.2) is 0 Å². The Bertz CT molecular complexity index is 1250. The molecule has 7 heteroatoms. The van der Waals surface area contributed by atoms with E-state index in [1.54, 1.807) is 36.4 Å². The van der Waals surface area contributed by atoms with Gasteiger partial charge in [-0.3, -0.25) is 4.79 Å². The number of rotatable bonds is 4. The minimum atomic E-state index is -3.95. The molecule has 0 aromatic heterocycles. The lowest BCUT2D eigenvalue weighted by atomic mass is 9.92. The second-order valence-corrected chi connectivity index (χ2v) is 8.85. The van der Waals surface area contributed by atoms with Gasteiger partial charge in [-0.2, -0.15) is 12.8 Å². The van der Waals surface area contributed by atoms with E-state index in [9.17, 15) is 13.2 Å². The van der Waals surface area contributed by atoms with Gasteiger partial charge in [-0.15, -0.1) is 0 Å². The van der Waals surface area contributed by atoms with Crippen LogP contribution in [-0.2, 0) is 10.0 Å². The molecular weight excluding hydrogens is 452 g/mol. The normalized spacial score (nSPS) is 15.0. The lowest BCUT2D eigenvalue weighted by Gasteiger charge is -2.18. The van der Waals surface area contributed by atoms with Crippen LogP contribution >= 0.6 is 15.9 Å². The first-order valence-corrected chi connectivity index (χ1v) is 11.0. The van der Waals surface area contributed by atoms with Crippen molar-refractivity contribution >= 4 is 43.1 Å². The molecule has 0 atom stereocenters. The van der Waals surface area contributed by atoms with Gasteiger partial charge in [0.1, 0.15) is 0 Å². The van der Waals surface area contributed by atoms with Gasteiger partial charge in [0.25, 0.3) is 10.0 Å². The van der Waals surface area contributed by atoms with E-state index in [4.69, 9.17) is 0 Å². The minimum absolute atomic E-state index is 0.0774. The molecule has 0 aliphatic heterocycles. The van der Waals surface area contributed by atoms with E-state index >= 15 is 0 Å². The maximum absolute atomic E-state index is 12.9. The first-order valence-electron chi connectivity index (χ1n) is 8.72. The summed E-state index contributed by atoms with van der Waals surface area (Å²) in [7, 11) is -3.95. The molecule has 0 saturated heterocycles. The van der Waals surface area contributed by atoms with Gasteiger partial charge in [-0.25, -0.2) is 0 Å². The van der Waals surface area contributed by atoms with Crippen molar-refractivity contribution in [1.29, 1.82) is 0 Å². The van der Waals surface area contributed by atoms with Gasteiger partial charge >= 0.3 is 0 Å². The van der Waals surface area contributed by atoms with Crippen molar-refractivity contribution in [2.45, 2.75) is 4.90 Å². The fraction of sp³-hybridized carbons (Fsp3) is 0. The summed E-state index contributed by atoms with van der Waals surface area (Å²) < 4.78 is 30.5. The summed E-state index contributed by atoms with van der Waals surface area (Å²) in [6, 6.07) is 22.3. The van der Waals surface area contributed by atoms with Gasteiger partial charge < -0.3 is 5.32 Å². The zero-order valence-electron chi connectivity index (χ0n) is 15.0. The highest BCUT2D eigenvalue weighted by molar-refractivity contribution is 9.10. The van der Waals surface area contributed by atoms with Gasteiger partial charge in [0.05, 0.1) is 16.3 Å². The lowest BCUT2D eigenvalue weighted by Crippen LogP contribution is -2.22. The zero-order valence-corrected chi connectivity index (χ0v) is 17.4. The Morgan fingerprint density at radius 1 is 0.793 bits per heavy atom. The topological polar surface area (TPSA) is 75.6 Å². The van der Waals surface area contributed by atoms with E-state index in [2.05, 4.69) is 25.6 Å². The van der Waals surface area contributed by atoms with Crippen molar-refractivity contribution in [3.05, 3.63) is 106 Å². The maximum atomic E-state index is 12.9. The Kier molecular flexibility index (Phi) is 5.17. The average molecular weight is 467 g/mol. The Labute approximate surface area is 177 Å². The van der Waals surface area contributed by atoms with Crippen LogP contribution in [0.15, 0.2) is 104 Å². The highest BCUT2D eigenvalue weighted by atomic mass is 79.9. The number of hydrogen-bond donors (Lipinski definition) is 1. The summed E-state index contributed by atoms with van der Waals surface area (Å²) in [5, 5.41) is 3.06. The molecule has 0 bridgehead atoms. The monoisotopic (exact) mass is 466 g/mol. The molecule has 1 aliphatic carbocycles. The van der Waals surface area contributed by atoms with Crippen LogP contribution in [0, 0.1) is 0 Å². The molecule has 0 radical (unpaired) electrons. The standard InChI is InChI=1S/C22H15BrN2O3S/c23-15-10-12-17(13-11-15)29(27,28)25-20-14-21(24-16-6-2-1-3-7-16)22(26)19-9-5-4-8-18(19)20/h1-14,24H/b25-20+. The number of anilines is 1. The molecule has 1 N–H and O–H groups in total. The molecule has 0 amide bonds. The predicted octanol–water partition coefficient (Wildman–Crippen LogP) is 4.82. The second-order valence-electron chi connectivity index (χ2n) is 6.33. The molecule has 1 aliphatic rings. The molecule has 0 saturated carbocycles. The highest BCUT2D eigenvalue weighted by Crippen LogP contribution is 2.25. The summed E-state index contributed by atoms with van der Waals surface area (Å²) in [5.74, 6) is -0.218. The van der Waals surface area contributed by atoms with Crippen LogP contribution in [0.1, 0.15) is 15.9 Å². The van der Waals surface area contributed by atoms with Gasteiger partial charge in [0.2, 0.25) is 5.78 Å². The van der Waals surface area contributed by atoms with Crippen molar-refractivity contribution in [2.75, 3.05) is 5.32 Å². The summed E-state index contributed by atoms with van der Waals surface area (Å²) in [5.41, 5.74) is 2.08. The Balaban J connectivity index is 1.82.